The highest BCUT2D eigenvalue weighted by atomic mass is 16.2. The lowest BCUT2D eigenvalue weighted by molar-refractivity contribution is -0.131. The Balaban J connectivity index is 1.28. The molecule has 4 amide bonds. The van der Waals surface area contributed by atoms with Gasteiger partial charge in [-0.3, -0.25) is 14.5 Å². The van der Waals surface area contributed by atoms with Gasteiger partial charge in [-0.1, -0.05) is 43.2 Å². The molecule has 8 nitrogen and oxygen atoms in total. The molecule has 1 saturated heterocycles. The molecule has 36 heavy (non-hydrogen) atoms. The van der Waals surface area contributed by atoms with Crippen LogP contribution in [0.1, 0.15) is 49.1 Å². The summed E-state index contributed by atoms with van der Waals surface area (Å²) in [6.45, 7) is 0.500. The van der Waals surface area contributed by atoms with Crippen LogP contribution in [0.3, 0.4) is 0 Å². The van der Waals surface area contributed by atoms with Crippen LogP contribution in [0.25, 0.3) is 10.9 Å². The zero-order valence-corrected chi connectivity index (χ0v) is 20.8. The number of benzene rings is 2. The summed E-state index contributed by atoms with van der Waals surface area (Å²) in [5, 5.41) is 7.04. The number of H-pyrrole nitrogens is 1. The van der Waals surface area contributed by atoms with E-state index in [9.17, 15) is 14.4 Å². The number of hydrogen-bond acceptors (Lipinski definition) is 4. The zero-order chi connectivity index (χ0) is 25.3. The van der Waals surface area contributed by atoms with E-state index in [-0.39, 0.29) is 36.7 Å². The van der Waals surface area contributed by atoms with Crippen molar-refractivity contribution >= 4 is 34.4 Å². The monoisotopic (exact) mass is 487 g/mol. The normalized spacial score (nSPS) is 17.6. The molecule has 1 aromatic heterocycles. The summed E-state index contributed by atoms with van der Waals surface area (Å²) in [6.07, 6.45) is 5.32. The number of carbonyl (C=O) groups is 3. The van der Waals surface area contributed by atoms with Gasteiger partial charge in [0, 0.05) is 62.3 Å². The standard InChI is InChI=1S/C28H33N5O3/c1-32(2)20-11-9-19(10-12-20)22(23-18-29-24-8-4-3-7-21(23)24)17-30-25(34)13-16-33-26(35)28(31-27(33)36)14-5-6-15-28/h3-4,7-12,18,22,29H,5-6,13-17H2,1-2H3,(H,30,34)(H,31,36)/t22-/m1/s1. The zero-order valence-electron chi connectivity index (χ0n) is 20.8. The molecule has 188 valence electrons. The first-order valence-electron chi connectivity index (χ1n) is 12.6. The molecule has 1 atom stereocenters. The smallest absolute Gasteiger partial charge is 0.325 e. The van der Waals surface area contributed by atoms with E-state index in [1.807, 2.05) is 38.5 Å². The molecule has 2 aliphatic rings. The number of imide groups is 1. The summed E-state index contributed by atoms with van der Waals surface area (Å²) < 4.78 is 0. The number of carbonyl (C=O) groups excluding carboxylic acids is 3. The molecule has 0 unspecified atom stereocenters. The maximum atomic E-state index is 12.9. The highest BCUT2D eigenvalue weighted by Crippen LogP contribution is 2.35. The average molecular weight is 488 g/mol. The van der Waals surface area contributed by atoms with Crippen molar-refractivity contribution in [1.29, 1.82) is 0 Å². The number of amides is 4. The minimum atomic E-state index is -0.743. The Labute approximate surface area is 211 Å². The number of aromatic amines is 1. The predicted octanol–water partition coefficient (Wildman–Crippen LogP) is 3.74. The summed E-state index contributed by atoms with van der Waals surface area (Å²) in [7, 11) is 4.01. The molecule has 2 fully saturated rings. The summed E-state index contributed by atoms with van der Waals surface area (Å²) in [4.78, 5) is 44.7. The topological polar surface area (TPSA) is 97.5 Å². The van der Waals surface area contributed by atoms with Crippen LogP contribution in [0.4, 0.5) is 10.5 Å². The lowest BCUT2D eigenvalue weighted by Gasteiger charge is -2.21. The van der Waals surface area contributed by atoms with E-state index < -0.39 is 5.54 Å². The van der Waals surface area contributed by atoms with Crippen molar-refractivity contribution in [2.24, 2.45) is 0 Å². The van der Waals surface area contributed by atoms with Crippen LogP contribution in [-0.2, 0) is 9.59 Å². The van der Waals surface area contributed by atoms with Crippen molar-refractivity contribution in [3.05, 3.63) is 65.9 Å². The summed E-state index contributed by atoms with van der Waals surface area (Å²) in [5.74, 6) is -0.423. The van der Waals surface area contributed by atoms with Crippen molar-refractivity contribution in [3.8, 4) is 0 Å². The third-order valence-corrected chi connectivity index (χ3v) is 7.58. The van der Waals surface area contributed by atoms with Crippen LogP contribution < -0.4 is 15.5 Å². The number of nitrogens with zero attached hydrogens (tertiary/aromatic N) is 2. The van der Waals surface area contributed by atoms with Gasteiger partial charge in [-0.05, 0) is 42.2 Å². The Morgan fingerprint density at radius 1 is 1.08 bits per heavy atom. The van der Waals surface area contributed by atoms with Gasteiger partial charge in [-0.15, -0.1) is 0 Å². The number of para-hydroxylation sites is 1. The number of anilines is 1. The fraction of sp³-hybridized carbons (Fsp3) is 0.393. The quantitative estimate of drug-likeness (QED) is 0.422. The molecule has 1 aliphatic carbocycles. The minimum Gasteiger partial charge on any atom is -0.378 e. The molecule has 3 N–H and O–H groups in total. The SMILES string of the molecule is CN(C)c1ccc([C@@H](CNC(=O)CCN2C(=O)NC3(CCCC3)C2=O)c2c[nH]c3ccccc23)cc1. The maximum Gasteiger partial charge on any atom is 0.325 e. The van der Waals surface area contributed by atoms with E-state index in [1.54, 1.807) is 0 Å². The molecule has 0 bridgehead atoms. The Hall–Kier alpha value is -3.81. The van der Waals surface area contributed by atoms with Crippen LogP contribution in [0.15, 0.2) is 54.7 Å². The van der Waals surface area contributed by atoms with Crippen molar-refractivity contribution in [2.75, 3.05) is 32.1 Å². The third kappa shape index (κ3) is 4.43. The van der Waals surface area contributed by atoms with Crippen LogP contribution in [-0.4, -0.2) is 60.5 Å². The van der Waals surface area contributed by atoms with E-state index in [4.69, 9.17) is 0 Å². The lowest BCUT2D eigenvalue weighted by Crippen LogP contribution is -2.44. The number of urea groups is 1. The van der Waals surface area contributed by atoms with E-state index in [0.29, 0.717) is 19.4 Å². The second-order valence-corrected chi connectivity index (χ2v) is 10.1. The van der Waals surface area contributed by atoms with Gasteiger partial charge in [-0.2, -0.15) is 0 Å². The van der Waals surface area contributed by atoms with Gasteiger partial charge < -0.3 is 20.5 Å². The molecule has 3 aromatic rings. The van der Waals surface area contributed by atoms with Gasteiger partial charge in [0.15, 0.2) is 0 Å². The van der Waals surface area contributed by atoms with Crippen LogP contribution >= 0.6 is 0 Å². The van der Waals surface area contributed by atoms with Gasteiger partial charge in [0.2, 0.25) is 5.91 Å². The van der Waals surface area contributed by atoms with Crippen molar-refractivity contribution in [1.82, 2.24) is 20.5 Å². The van der Waals surface area contributed by atoms with E-state index in [2.05, 4.69) is 50.8 Å². The molecule has 2 aromatic carbocycles. The number of rotatable bonds is 8. The summed E-state index contributed by atoms with van der Waals surface area (Å²) >= 11 is 0. The fourth-order valence-corrected chi connectivity index (χ4v) is 5.51. The van der Waals surface area contributed by atoms with Crippen LogP contribution in [0, 0.1) is 0 Å². The van der Waals surface area contributed by atoms with Crippen LogP contribution in [0.5, 0.6) is 0 Å². The van der Waals surface area contributed by atoms with E-state index in [1.165, 1.54) is 4.90 Å². The van der Waals surface area contributed by atoms with Crippen LogP contribution in [0.2, 0.25) is 0 Å². The molecular weight excluding hydrogens is 454 g/mol. The van der Waals surface area contributed by atoms with Gasteiger partial charge in [0.05, 0.1) is 0 Å². The number of aromatic nitrogens is 1. The van der Waals surface area contributed by atoms with E-state index in [0.717, 1.165) is 40.6 Å². The molecule has 0 radical (unpaired) electrons. The lowest BCUT2D eigenvalue weighted by atomic mass is 9.90. The Bertz CT molecular complexity index is 1270. The largest absolute Gasteiger partial charge is 0.378 e. The third-order valence-electron chi connectivity index (χ3n) is 7.58. The minimum absolute atomic E-state index is 0.0558. The Morgan fingerprint density at radius 2 is 1.81 bits per heavy atom. The predicted molar refractivity (Wildman–Crippen MR) is 140 cm³/mol. The summed E-state index contributed by atoms with van der Waals surface area (Å²) in [6, 6.07) is 16.1. The average Bonchev–Trinajstić information content (AvgIpc) is 3.58. The highest BCUT2D eigenvalue weighted by molar-refractivity contribution is 6.07. The maximum absolute atomic E-state index is 12.9. The summed E-state index contributed by atoms with van der Waals surface area (Å²) in [5.41, 5.74) is 3.62. The molecule has 5 rings (SSSR count). The van der Waals surface area contributed by atoms with E-state index >= 15 is 0 Å². The molecular formula is C28H33N5O3. The van der Waals surface area contributed by atoms with Gasteiger partial charge >= 0.3 is 6.03 Å². The highest BCUT2D eigenvalue weighted by Gasteiger charge is 2.52. The van der Waals surface area contributed by atoms with Gasteiger partial charge in [0.1, 0.15) is 5.54 Å². The van der Waals surface area contributed by atoms with Crippen molar-refractivity contribution in [2.45, 2.75) is 43.6 Å². The van der Waals surface area contributed by atoms with Crippen molar-refractivity contribution < 1.29 is 14.4 Å². The molecule has 1 saturated carbocycles. The first kappa shape index (κ1) is 23.9. The second kappa shape index (κ2) is 9.68. The van der Waals surface area contributed by atoms with Gasteiger partial charge in [0.25, 0.3) is 5.91 Å². The number of hydrogen-bond donors (Lipinski definition) is 3. The molecule has 2 heterocycles. The van der Waals surface area contributed by atoms with Gasteiger partial charge in [-0.25, -0.2) is 4.79 Å². The second-order valence-electron chi connectivity index (χ2n) is 10.1. The molecule has 8 heteroatoms. The molecule has 1 spiro atoms. The van der Waals surface area contributed by atoms with Crippen molar-refractivity contribution in [3.63, 3.8) is 0 Å². The molecule has 1 aliphatic heterocycles. The Morgan fingerprint density at radius 3 is 2.53 bits per heavy atom. The number of fused-ring (bicyclic) bond motifs is 1. The number of nitrogens with one attached hydrogen (secondary N) is 3. The first-order valence-corrected chi connectivity index (χ1v) is 12.6. The first-order chi connectivity index (χ1) is 17.4. The Kier molecular flexibility index (Phi) is 6.43. The fourth-order valence-electron chi connectivity index (χ4n) is 5.51.